The van der Waals surface area contributed by atoms with E-state index in [-0.39, 0.29) is 23.5 Å². The third-order valence-corrected chi connectivity index (χ3v) is 11.0. The van der Waals surface area contributed by atoms with Crippen molar-refractivity contribution in [1.29, 1.82) is 0 Å². The average molecular weight is 635 g/mol. The van der Waals surface area contributed by atoms with Gasteiger partial charge in [-0.15, -0.1) is 0 Å². The number of nitrogens with zero attached hydrogens (tertiary/aromatic N) is 3. The quantitative estimate of drug-likeness (QED) is 0.0713. The fourth-order valence-electron chi connectivity index (χ4n) is 8.28. The summed E-state index contributed by atoms with van der Waals surface area (Å²) in [5.74, 6) is 0.0383. The predicted octanol–water partition coefficient (Wildman–Crippen LogP) is 8.49. The summed E-state index contributed by atoms with van der Waals surface area (Å²) >= 11 is 0. The van der Waals surface area contributed by atoms with Crippen LogP contribution in [0.1, 0.15) is 119 Å². The number of quaternary nitrogens is 1. The number of ether oxygens (including phenoxy) is 1. The van der Waals surface area contributed by atoms with Crippen molar-refractivity contribution in [3.8, 4) is 0 Å². The molecule has 2 aromatic carbocycles. The lowest BCUT2D eigenvalue weighted by Gasteiger charge is -2.47. The maximum absolute atomic E-state index is 13.7. The van der Waals surface area contributed by atoms with E-state index in [1.54, 1.807) is 12.1 Å². The van der Waals surface area contributed by atoms with Crippen molar-refractivity contribution in [2.45, 2.75) is 109 Å². The van der Waals surface area contributed by atoms with E-state index < -0.39 is 0 Å². The van der Waals surface area contributed by atoms with E-state index in [1.165, 1.54) is 67.6 Å². The second-order valence-corrected chi connectivity index (χ2v) is 14.3. The summed E-state index contributed by atoms with van der Waals surface area (Å²) in [6.45, 7) is 9.53. The summed E-state index contributed by atoms with van der Waals surface area (Å²) in [7, 11) is 2.19. The van der Waals surface area contributed by atoms with Gasteiger partial charge in [0.25, 0.3) is 0 Å². The molecule has 0 N–H and O–H groups in total. The standard InChI is InChI=1S/C39H57FN3O3/c1-4-6-8-10-14-31(15-11-9-7-5-2)39(45)46-29-43(26-13-18-37(44)30-19-21-32(40)22-20-30)27-23-35-34(28-43)33-16-12-17-36-38(33)42(35)25-24-41(36)3/h12,16-17,19-22,31,34-35H,4-11,13-15,18,23-29H2,1-3H3/q+1/t34-,35-,43?/m0/s1. The van der Waals surface area contributed by atoms with E-state index in [9.17, 15) is 14.0 Å². The van der Waals surface area contributed by atoms with Gasteiger partial charge in [0.05, 0.1) is 42.8 Å². The number of benzene rings is 2. The van der Waals surface area contributed by atoms with Crippen LogP contribution in [0.2, 0.25) is 0 Å². The van der Waals surface area contributed by atoms with Crippen molar-refractivity contribution in [3.05, 3.63) is 59.4 Å². The number of carbonyl (C=O) groups is 2. The molecular formula is C39H57FN3O3+. The summed E-state index contributed by atoms with van der Waals surface area (Å²) in [6.07, 6.45) is 13.3. The zero-order valence-corrected chi connectivity index (χ0v) is 28.7. The Bertz CT molecular complexity index is 1290. The molecule has 0 aliphatic carbocycles. The lowest BCUT2D eigenvalue weighted by atomic mass is 9.87. The van der Waals surface area contributed by atoms with Gasteiger partial charge in [-0.25, -0.2) is 4.39 Å². The number of hydrogen-bond donors (Lipinski definition) is 0. The van der Waals surface area contributed by atoms with Crippen molar-refractivity contribution < 1.29 is 23.2 Å². The van der Waals surface area contributed by atoms with Crippen LogP contribution in [0.5, 0.6) is 0 Å². The lowest BCUT2D eigenvalue weighted by molar-refractivity contribution is -0.949. The van der Waals surface area contributed by atoms with E-state index >= 15 is 0 Å². The number of hydrogen-bond acceptors (Lipinski definition) is 5. The predicted molar refractivity (Wildman–Crippen MR) is 185 cm³/mol. The molecule has 1 saturated heterocycles. The monoisotopic (exact) mass is 634 g/mol. The van der Waals surface area contributed by atoms with E-state index in [2.05, 4.69) is 48.9 Å². The van der Waals surface area contributed by atoms with Crippen molar-refractivity contribution in [1.82, 2.24) is 0 Å². The van der Waals surface area contributed by atoms with Gasteiger partial charge in [-0.1, -0.05) is 77.3 Å². The van der Waals surface area contributed by atoms with E-state index in [4.69, 9.17) is 4.74 Å². The minimum Gasteiger partial charge on any atom is -0.415 e. The Morgan fingerprint density at radius 2 is 1.65 bits per heavy atom. The molecule has 1 fully saturated rings. The van der Waals surface area contributed by atoms with Crippen molar-refractivity contribution in [3.63, 3.8) is 0 Å². The number of unbranched alkanes of at least 4 members (excludes halogenated alkanes) is 6. The Morgan fingerprint density at radius 1 is 0.935 bits per heavy atom. The maximum Gasteiger partial charge on any atom is 0.313 e. The second-order valence-electron chi connectivity index (χ2n) is 14.3. The first-order valence-corrected chi connectivity index (χ1v) is 18.3. The highest BCUT2D eigenvalue weighted by atomic mass is 19.1. The molecule has 252 valence electrons. The number of carbonyl (C=O) groups excluding carboxylic acids is 2. The minimum absolute atomic E-state index is 0.0229. The molecule has 3 aliphatic rings. The van der Waals surface area contributed by atoms with Crippen LogP contribution in [0.3, 0.4) is 0 Å². The van der Waals surface area contributed by atoms with Crippen LogP contribution in [0, 0.1) is 11.7 Å². The van der Waals surface area contributed by atoms with Gasteiger partial charge in [0.15, 0.2) is 5.78 Å². The summed E-state index contributed by atoms with van der Waals surface area (Å²) in [6, 6.07) is 13.1. The van der Waals surface area contributed by atoms with Crippen LogP contribution < -0.4 is 9.80 Å². The van der Waals surface area contributed by atoms with Gasteiger partial charge in [-0.3, -0.25) is 14.1 Å². The Labute approximate surface area is 276 Å². The number of piperidine rings is 1. The van der Waals surface area contributed by atoms with Crippen LogP contribution in [-0.2, 0) is 9.53 Å². The Hall–Kier alpha value is -2.93. The fourth-order valence-corrected chi connectivity index (χ4v) is 8.28. The van der Waals surface area contributed by atoms with Gasteiger partial charge in [0.2, 0.25) is 6.73 Å². The molecule has 0 bridgehead atoms. The zero-order chi connectivity index (χ0) is 32.5. The number of Topliss-reactive ketones (excluding diaryl/α,β-unsaturated/α-hetero) is 1. The third kappa shape index (κ3) is 8.13. The normalized spacial score (nSPS) is 21.8. The number of para-hydroxylation sites is 1. The Balaban J connectivity index is 1.30. The molecule has 0 radical (unpaired) electrons. The lowest BCUT2D eigenvalue weighted by Crippen LogP contribution is -2.60. The number of esters is 1. The maximum atomic E-state index is 13.7. The molecule has 3 aliphatic heterocycles. The number of halogens is 1. The highest BCUT2D eigenvalue weighted by Gasteiger charge is 2.50. The molecule has 2 aromatic rings. The molecule has 0 aromatic heterocycles. The number of likely N-dealkylation sites (N-methyl/N-ethyl adjacent to an activating group) is 1. The average Bonchev–Trinajstić information content (AvgIpc) is 3.38. The van der Waals surface area contributed by atoms with Gasteiger partial charge >= 0.3 is 5.97 Å². The first kappa shape index (κ1) is 34.4. The van der Waals surface area contributed by atoms with Crippen LogP contribution in [0.25, 0.3) is 0 Å². The fraction of sp³-hybridized carbons (Fsp3) is 0.641. The van der Waals surface area contributed by atoms with Crippen molar-refractivity contribution in [2.75, 3.05) is 56.3 Å². The van der Waals surface area contributed by atoms with Crippen LogP contribution in [0.4, 0.5) is 15.8 Å². The molecule has 6 nitrogen and oxygen atoms in total. The molecule has 46 heavy (non-hydrogen) atoms. The van der Waals surface area contributed by atoms with Gasteiger partial charge in [-0.05, 0) is 48.7 Å². The largest absolute Gasteiger partial charge is 0.415 e. The smallest absolute Gasteiger partial charge is 0.313 e. The summed E-state index contributed by atoms with van der Waals surface area (Å²) < 4.78 is 20.5. The zero-order valence-electron chi connectivity index (χ0n) is 28.7. The van der Waals surface area contributed by atoms with Gasteiger partial charge < -0.3 is 14.5 Å². The number of ketones is 1. The van der Waals surface area contributed by atoms with Crippen molar-refractivity contribution >= 4 is 23.1 Å². The van der Waals surface area contributed by atoms with Crippen LogP contribution in [0.15, 0.2) is 42.5 Å². The highest BCUT2D eigenvalue weighted by Crippen LogP contribution is 2.51. The topological polar surface area (TPSA) is 49.9 Å². The number of likely N-dealkylation sites (tertiary alicyclic amines) is 1. The van der Waals surface area contributed by atoms with E-state index in [1.807, 2.05) is 0 Å². The summed E-state index contributed by atoms with van der Waals surface area (Å²) in [4.78, 5) is 31.8. The highest BCUT2D eigenvalue weighted by molar-refractivity contribution is 5.95. The Kier molecular flexibility index (Phi) is 12.2. The molecule has 7 heteroatoms. The first-order chi connectivity index (χ1) is 22.4. The molecule has 0 saturated carbocycles. The number of rotatable bonds is 18. The third-order valence-electron chi connectivity index (χ3n) is 11.0. The van der Waals surface area contributed by atoms with Gasteiger partial charge in [0, 0.05) is 51.0 Å². The van der Waals surface area contributed by atoms with Gasteiger partial charge in [0.1, 0.15) is 5.82 Å². The van der Waals surface area contributed by atoms with Crippen LogP contribution in [-0.4, -0.2) is 68.8 Å². The molecule has 0 spiro atoms. The van der Waals surface area contributed by atoms with E-state index in [0.29, 0.717) is 41.6 Å². The second kappa shape index (κ2) is 16.3. The molecule has 5 rings (SSSR count). The molecular weight excluding hydrogens is 577 g/mol. The molecule has 0 amide bonds. The Morgan fingerprint density at radius 3 is 2.35 bits per heavy atom. The van der Waals surface area contributed by atoms with E-state index in [0.717, 1.165) is 64.8 Å². The number of fused-ring (bicyclic) bond motifs is 3. The van der Waals surface area contributed by atoms with Gasteiger partial charge in [-0.2, -0.15) is 0 Å². The summed E-state index contributed by atoms with van der Waals surface area (Å²) in [5.41, 5.74) is 4.70. The summed E-state index contributed by atoms with van der Waals surface area (Å²) in [5, 5.41) is 0. The number of anilines is 2. The molecule has 1 unspecified atom stereocenters. The van der Waals surface area contributed by atoms with Crippen molar-refractivity contribution in [2.24, 2.45) is 5.92 Å². The molecule has 3 atom stereocenters. The minimum atomic E-state index is -0.330. The molecule has 3 heterocycles. The first-order valence-electron chi connectivity index (χ1n) is 18.3. The SMILES string of the molecule is CCCCCCC(CCCCCC)C(=O)OC[N+]1(CCCC(=O)c2ccc(F)cc2)CC[C@H]2[C@@H](C1)c1cccc3c1N2CCN3C. The van der Waals surface area contributed by atoms with Crippen LogP contribution >= 0.6 is 0 Å².